The van der Waals surface area contributed by atoms with Crippen molar-refractivity contribution in [3.8, 4) is 5.75 Å². The van der Waals surface area contributed by atoms with Crippen molar-refractivity contribution in [3.05, 3.63) is 59.7 Å². The van der Waals surface area contributed by atoms with Crippen molar-refractivity contribution in [1.29, 1.82) is 0 Å². The molecule has 4 heteroatoms. The van der Waals surface area contributed by atoms with Gasteiger partial charge in [0.25, 0.3) is 0 Å². The van der Waals surface area contributed by atoms with Crippen molar-refractivity contribution in [2.24, 2.45) is 0 Å². The molecule has 4 nitrogen and oxygen atoms in total. The molecule has 0 bridgehead atoms. The monoisotopic (exact) mass is 310 g/mol. The minimum atomic E-state index is -0.221. The van der Waals surface area contributed by atoms with Crippen LogP contribution in [0.2, 0.25) is 0 Å². The van der Waals surface area contributed by atoms with Gasteiger partial charge in [-0.05, 0) is 35.3 Å². The number of rotatable bonds is 5. The molecule has 1 amide bonds. The van der Waals surface area contributed by atoms with Crippen molar-refractivity contribution >= 4 is 23.4 Å². The Kier molecular flexibility index (Phi) is 5.41. The van der Waals surface area contributed by atoms with E-state index in [0.29, 0.717) is 23.0 Å². The molecule has 2 aromatic rings. The van der Waals surface area contributed by atoms with Gasteiger partial charge < -0.3 is 15.8 Å². The Balaban J connectivity index is 2.04. The summed E-state index contributed by atoms with van der Waals surface area (Å²) in [4.78, 5) is 12.0. The standard InChI is InChI=1S/C19H22N2O2/c1-13(2)15-7-4-14(5-8-15)6-11-19(22)21-17-10-9-16(20)12-18(17)23-3/h4-13H,20H2,1-3H3,(H,21,22)/b11-6+. The fourth-order valence-corrected chi connectivity index (χ4v) is 2.15. The molecule has 0 spiro atoms. The lowest BCUT2D eigenvalue weighted by atomic mass is 10.0. The van der Waals surface area contributed by atoms with Gasteiger partial charge >= 0.3 is 0 Å². The van der Waals surface area contributed by atoms with Gasteiger partial charge in [0.1, 0.15) is 5.75 Å². The maximum atomic E-state index is 12.0. The molecule has 0 radical (unpaired) electrons. The molecule has 0 aliphatic heterocycles. The number of ether oxygens (including phenoxy) is 1. The van der Waals surface area contributed by atoms with E-state index in [1.165, 1.54) is 18.7 Å². The third-order valence-electron chi connectivity index (χ3n) is 3.51. The summed E-state index contributed by atoms with van der Waals surface area (Å²) in [5.41, 5.74) is 9.13. The van der Waals surface area contributed by atoms with E-state index in [-0.39, 0.29) is 5.91 Å². The molecule has 2 rings (SSSR count). The predicted octanol–water partition coefficient (Wildman–Crippen LogP) is 4.05. The van der Waals surface area contributed by atoms with Gasteiger partial charge in [-0.2, -0.15) is 0 Å². The smallest absolute Gasteiger partial charge is 0.248 e. The number of nitrogens with one attached hydrogen (secondary N) is 1. The lowest BCUT2D eigenvalue weighted by Crippen LogP contribution is -2.09. The number of nitrogen functional groups attached to an aromatic ring is 1. The normalized spacial score (nSPS) is 11.0. The minimum absolute atomic E-state index is 0.221. The van der Waals surface area contributed by atoms with Gasteiger partial charge in [0.15, 0.2) is 0 Å². The largest absolute Gasteiger partial charge is 0.494 e. The molecule has 0 aliphatic carbocycles. The van der Waals surface area contributed by atoms with Gasteiger partial charge in [-0.25, -0.2) is 0 Å². The molecule has 0 fully saturated rings. The van der Waals surface area contributed by atoms with E-state index in [4.69, 9.17) is 10.5 Å². The number of benzene rings is 2. The molecular formula is C19H22N2O2. The Morgan fingerprint density at radius 3 is 2.48 bits per heavy atom. The summed E-state index contributed by atoms with van der Waals surface area (Å²) in [5, 5.41) is 2.78. The molecule has 0 atom stereocenters. The van der Waals surface area contributed by atoms with Crippen LogP contribution in [-0.2, 0) is 4.79 Å². The first kappa shape index (κ1) is 16.6. The summed E-state index contributed by atoms with van der Waals surface area (Å²) in [6.45, 7) is 4.30. The summed E-state index contributed by atoms with van der Waals surface area (Å²) in [5.74, 6) is 0.809. The molecule has 0 heterocycles. The van der Waals surface area contributed by atoms with Crippen LogP contribution >= 0.6 is 0 Å². The number of hydrogen-bond acceptors (Lipinski definition) is 3. The maximum absolute atomic E-state index is 12.0. The van der Waals surface area contributed by atoms with Crippen LogP contribution in [0, 0.1) is 0 Å². The van der Waals surface area contributed by atoms with E-state index >= 15 is 0 Å². The van der Waals surface area contributed by atoms with Crippen LogP contribution in [0.3, 0.4) is 0 Å². The lowest BCUT2D eigenvalue weighted by Gasteiger charge is -2.09. The highest BCUT2D eigenvalue weighted by Gasteiger charge is 2.05. The lowest BCUT2D eigenvalue weighted by molar-refractivity contribution is -0.111. The molecule has 0 unspecified atom stereocenters. The molecular weight excluding hydrogens is 288 g/mol. The first-order chi connectivity index (χ1) is 11.0. The van der Waals surface area contributed by atoms with Crippen LogP contribution in [0.1, 0.15) is 30.9 Å². The zero-order valence-electron chi connectivity index (χ0n) is 13.7. The number of nitrogens with two attached hydrogens (primary N) is 1. The zero-order chi connectivity index (χ0) is 16.8. The Morgan fingerprint density at radius 1 is 1.17 bits per heavy atom. The minimum Gasteiger partial charge on any atom is -0.494 e. The van der Waals surface area contributed by atoms with Gasteiger partial charge in [0.05, 0.1) is 12.8 Å². The number of amides is 1. The Labute approximate surface area is 137 Å². The van der Waals surface area contributed by atoms with Crippen LogP contribution in [0.5, 0.6) is 5.75 Å². The second kappa shape index (κ2) is 7.49. The fourth-order valence-electron chi connectivity index (χ4n) is 2.15. The summed E-state index contributed by atoms with van der Waals surface area (Å²) in [6.07, 6.45) is 3.28. The van der Waals surface area contributed by atoms with Gasteiger partial charge in [0.2, 0.25) is 5.91 Å². The molecule has 2 aromatic carbocycles. The Bertz CT molecular complexity index is 704. The van der Waals surface area contributed by atoms with E-state index in [9.17, 15) is 4.79 Å². The van der Waals surface area contributed by atoms with Gasteiger partial charge in [-0.3, -0.25) is 4.79 Å². The van der Waals surface area contributed by atoms with Crippen molar-refractivity contribution in [2.45, 2.75) is 19.8 Å². The van der Waals surface area contributed by atoms with Crippen molar-refractivity contribution in [3.63, 3.8) is 0 Å². The number of hydrogen-bond donors (Lipinski definition) is 2. The average molecular weight is 310 g/mol. The summed E-state index contributed by atoms with van der Waals surface area (Å²) < 4.78 is 5.21. The van der Waals surface area contributed by atoms with Crippen LogP contribution in [0.15, 0.2) is 48.5 Å². The highest BCUT2D eigenvalue weighted by atomic mass is 16.5. The van der Waals surface area contributed by atoms with E-state index in [1.54, 1.807) is 24.3 Å². The highest BCUT2D eigenvalue weighted by Crippen LogP contribution is 2.26. The van der Waals surface area contributed by atoms with Crippen molar-refractivity contribution in [2.75, 3.05) is 18.2 Å². The summed E-state index contributed by atoms with van der Waals surface area (Å²) >= 11 is 0. The van der Waals surface area contributed by atoms with E-state index < -0.39 is 0 Å². The summed E-state index contributed by atoms with van der Waals surface area (Å²) in [6, 6.07) is 13.3. The van der Waals surface area contributed by atoms with E-state index in [1.807, 2.05) is 12.1 Å². The highest BCUT2D eigenvalue weighted by molar-refractivity contribution is 6.02. The number of carbonyl (C=O) groups is 1. The first-order valence-electron chi connectivity index (χ1n) is 7.52. The molecule has 0 aromatic heterocycles. The van der Waals surface area contributed by atoms with Crippen molar-refractivity contribution < 1.29 is 9.53 Å². The van der Waals surface area contributed by atoms with Crippen LogP contribution in [0.25, 0.3) is 6.08 Å². The third kappa shape index (κ3) is 4.61. The number of methoxy groups -OCH3 is 1. The topological polar surface area (TPSA) is 64.3 Å². The van der Waals surface area contributed by atoms with Crippen LogP contribution in [-0.4, -0.2) is 13.0 Å². The van der Waals surface area contributed by atoms with Gasteiger partial charge in [-0.1, -0.05) is 38.1 Å². The predicted molar refractivity (Wildman–Crippen MR) is 95.6 cm³/mol. The van der Waals surface area contributed by atoms with Gasteiger partial charge in [0, 0.05) is 17.8 Å². The fraction of sp³-hybridized carbons (Fsp3) is 0.211. The number of carbonyl (C=O) groups excluding carboxylic acids is 1. The molecule has 0 saturated carbocycles. The first-order valence-corrected chi connectivity index (χ1v) is 7.52. The van der Waals surface area contributed by atoms with Gasteiger partial charge in [-0.15, -0.1) is 0 Å². The zero-order valence-corrected chi connectivity index (χ0v) is 13.7. The maximum Gasteiger partial charge on any atom is 0.248 e. The molecule has 120 valence electrons. The molecule has 0 saturated heterocycles. The molecule has 0 aliphatic rings. The second-order valence-corrected chi connectivity index (χ2v) is 5.60. The molecule has 23 heavy (non-hydrogen) atoms. The Morgan fingerprint density at radius 2 is 1.87 bits per heavy atom. The van der Waals surface area contributed by atoms with Crippen LogP contribution in [0.4, 0.5) is 11.4 Å². The van der Waals surface area contributed by atoms with Crippen molar-refractivity contribution in [1.82, 2.24) is 0 Å². The number of anilines is 2. The summed E-state index contributed by atoms with van der Waals surface area (Å²) in [7, 11) is 1.54. The molecule has 3 N–H and O–H groups in total. The van der Waals surface area contributed by atoms with E-state index in [0.717, 1.165) is 5.56 Å². The second-order valence-electron chi connectivity index (χ2n) is 5.60. The van der Waals surface area contributed by atoms with Crippen LogP contribution < -0.4 is 15.8 Å². The Hall–Kier alpha value is -2.75. The quantitative estimate of drug-likeness (QED) is 0.647. The average Bonchev–Trinajstić information content (AvgIpc) is 2.55. The van der Waals surface area contributed by atoms with E-state index in [2.05, 4.69) is 31.3 Å². The third-order valence-corrected chi connectivity index (χ3v) is 3.51. The SMILES string of the molecule is COc1cc(N)ccc1NC(=O)/C=C/c1ccc(C(C)C)cc1.